The number of hydrogen-bond acceptors (Lipinski definition) is 6. The molecular weight excluding hydrogens is 396 g/mol. The second kappa shape index (κ2) is 9.59. The monoisotopic (exact) mass is 424 g/mol. The number of carbonyl (C=O) groups excluding carboxylic acids is 2. The number of amides is 2. The summed E-state index contributed by atoms with van der Waals surface area (Å²) >= 11 is 0. The molecule has 0 spiro atoms. The van der Waals surface area contributed by atoms with Crippen molar-refractivity contribution in [1.82, 2.24) is 20.8 Å². The Morgan fingerprint density at radius 3 is 2.55 bits per heavy atom. The van der Waals surface area contributed by atoms with Crippen LogP contribution >= 0.6 is 0 Å². The summed E-state index contributed by atoms with van der Waals surface area (Å²) in [6, 6.07) is 13.5. The molecule has 0 aliphatic heterocycles. The van der Waals surface area contributed by atoms with Crippen LogP contribution in [0.2, 0.25) is 0 Å². The van der Waals surface area contributed by atoms with Crippen molar-refractivity contribution in [3.8, 4) is 0 Å². The van der Waals surface area contributed by atoms with Crippen LogP contribution in [0.4, 0.5) is 4.79 Å². The molecule has 0 aliphatic rings. The second-order valence-corrected chi connectivity index (χ2v) is 8.34. The Kier molecular flexibility index (Phi) is 6.89. The number of rotatable bonds is 7. The SMILES string of the molecule is Cc1noc(CCC(=O)NC(CNC(=O)OC(C)(C)C)c2ccc3ccccc3c2)n1. The molecule has 0 fully saturated rings. The summed E-state index contributed by atoms with van der Waals surface area (Å²) in [6.07, 6.45) is 0.00302. The Morgan fingerprint density at radius 2 is 1.87 bits per heavy atom. The van der Waals surface area contributed by atoms with E-state index in [4.69, 9.17) is 9.26 Å². The Hall–Kier alpha value is -3.42. The molecule has 0 saturated heterocycles. The summed E-state index contributed by atoms with van der Waals surface area (Å²) < 4.78 is 10.4. The Balaban J connectivity index is 1.70. The molecule has 2 aromatic carbocycles. The summed E-state index contributed by atoms with van der Waals surface area (Å²) in [5.41, 5.74) is 0.283. The molecular formula is C23H28N4O4. The fourth-order valence-corrected chi connectivity index (χ4v) is 3.10. The number of hydrogen-bond donors (Lipinski definition) is 2. The van der Waals surface area contributed by atoms with Gasteiger partial charge in [-0.1, -0.05) is 41.6 Å². The lowest BCUT2D eigenvalue weighted by atomic mass is 10.0. The quantitative estimate of drug-likeness (QED) is 0.597. The zero-order chi connectivity index (χ0) is 22.4. The smallest absolute Gasteiger partial charge is 0.407 e. The van der Waals surface area contributed by atoms with E-state index in [1.165, 1.54) is 0 Å². The predicted octanol–water partition coefficient (Wildman–Crippen LogP) is 3.85. The first kappa shape index (κ1) is 22.3. The lowest BCUT2D eigenvalue weighted by Crippen LogP contribution is -2.40. The van der Waals surface area contributed by atoms with Gasteiger partial charge in [-0.2, -0.15) is 4.98 Å². The van der Waals surface area contributed by atoms with Gasteiger partial charge in [0.2, 0.25) is 11.8 Å². The van der Waals surface area contributed by atoms with Gasteiger partial charge in [0.05, 0.1) is 6.04 Å². The molecule has 1 heterocycles. The molecule has 1 unspecified atom stereocenters. The topological polar surface area (TPSA) is 106 Å². The van der Waals surface area contributed by atoms with Crippen molar-refractivity contribution in [3.05, 3.63) is 59.7 Å². The lowest BCUT2D eigenvalue weighted by Gasteiger charge is -2.23. The molecule has 1 atom stereocenters. The van der Waals surface area contributed by atoms with Gasteiger partial charge in [-0.25, -0.2) is 4.79 Å². The molecule has 31 heavy (non-hydrogen) atoms. The van der Waals surface area contributed by atoms with Crippen molar-refractivity contribution >= 4 is 22.8 Å². The Morgan fingerprint density at radius 1 is 1.13 bits per heavy atom. The van der Waals surface area contributed by atoms with Crippen LogP contribution < -0.4 is 10.6 Å². The number of ether oxygens (including phenoxy) is 1. The van der Waals surface area contributed by atoms with E-state index in [-0.39, 0.29) is 18.9 Å². The molecule has 1 aromatic heterocycles. The maximum absolute atomic E-state index is 12.6. The maximum Gasteiger partial charge on any atom is 0.407 e. The van der Waals surface area contributed by atoms with Crippen molar-refractivity contribution < 1.29 is 18.8 Å². The van der Waals surface area contributed by atoms with Crippen LogP contribution in [0.1, 0.15) is 50.5 Å². The number of aromatic nitrogens is 2. The maximum atomic E-state index is 12.6. The van der Waals surface area contributed by atoms with Gasteiger partial charge in [0.15, 0.2) is 5.82 Å². The summed E-state index contributed by atoms with van der Waals surface area (Å²) in [5.74, 6) is 0.771. The standard InChI is InChI=1S/C23H28N4O4/c1-15-25-21(31-27-15)12-11-20(28)26-19(14-24-22(29)30-23(2,3)4)18-10-9-16-7-5-6-8-17(16)13-18/h5-10,13,19H,11-12,14H2,1-4H3,(H,24,29)(H,26,28). The fraction of sp³-hybridized carbons (Fsp3) is 0.391. The summed E-state index contributed by atoms with van der Waals surface area (Å²) in [5, 5.41) is 11.6. The lowest BCUT2D eigenvalue weighted by molar-refractivity contribution is -0.121. The van der Waals surface area contributed by atoms with E-state index in [9.17, 15) is 9.59 Å². The number of fused-ring (bicyclic) bond motifs is 1. The molecule has 8 nitrogen and oxygen atoms in total. The molecule has 8 heteroatoms. The minimum atomic E-state index is -0.603. The van der Waals surface area contributed by atoms with Crippen LogP contribution in [0.3, 0.4) is 0 Å². The summed E-state index contributed by atoms with van der Waals surface area (Å²) in [7, 11) is 0. The molecule has 164 valence electrons. The van der Waals surface area contributed by atoms with Crippen LogP contribution in [0.5, 0.6) is 0 Å². The highest BCUT2D eigenvalue weighted by molar-refractivity contribution is 5.83. The highest BCUT2D eigenvalue weighted by Gasteiger charge is 2.20. The van der Waals surface area contributed by atoms with Gasteiger partial charge in [-0.3, -0.25) is 4.79 Å². The van der Waals surface area contributed by atoms with Gasteiger partial charge in [-0.15, -0.1) is 0 Å². The van der Waals surface area contributed by atoms with Gasteiger partial charge in [0.1, 0.15) is 5.60 Å². The summed E-state index contributed by atoms with van der Waals surface area (Å²) in [6.45, 7) is 7.32. The van der Waals surface area contributed by atoms with E-state index in [0.29, 0.717) is 18.1 Å². The minimum absolute atomic E-state index is 0.181. The molecule has 0 radical (unpaired) electrons. The van der Waals surface area contributed by atoms with Crippen molar-refractivity contribution in [2.24, 2.45) is 0 Å². The highest BCUT2D eigenvalue weighted by atomic mass is 16.6. The molecule has 0 saturated carbocycles. The average molecular weight is 425 g/mol. The molecule has 3 rings (SSSR count). The van der Waals surface area contributed by atoms with E-state index in [2.05, 4.69) is 20.8 Å². The highest BCUT2D eigenvalue weighted by Crippen LogP contribution is 2.21. The van der Waals surface area contributed by atoms with Gasteiger partial charge in [-0.05, 0) is 50.1 Å². The van der Waals surface area contributed by atoms with Crippen molar-refractivity contribution in [2.75, 3.05) is 6.54 Å². The Labute approximate surface area is 181 Å². The van der Waals surface area contributed by atoms with E-state index in [0.717, 1.165) is 16.3 Å². The van der Waals surface area contributed by atoms with Gasteiger partial charge in [0, 0.05) is 19.4 Å². The predicted molar refractivity (Wildman–Crippen MR) is 116 cm³/mol. The fourth-order valence-electron chi connectivity index (χ4n) is 3.10. The Bertz CT molecular complexity index is 1050. The third-order valence-corrected chi connectivity index (χ3v) is 4.50. The van der Waals surface area contributed by atoms with Crippen molar-refractivity contribution in [1.29, 1.82) is 0 Å². The van der Waals surface area contributed by atoms with E-state index < -0.39 is 17.7 Å². The number of carbonyl (C=O) groups is 2. The number of alkyl carbamates (subject to hydrolysis) is 1. The molecule has 2 N–H and O–H groups in total. The van der Waals surface area contributed by atoms with Gasteiger partial charge in [0.25, 0.3) is 0 Å². The molecule has 0 aliphatic carbocycles. The molecule has 0 bridgehead atoms. The largest absolute Gasteiger partial charge is 0.444 e. The average Bonchev–Trinajstić information content (AvgIpc) is 3.13. The third-order valence-electron chi connectivity index (χ3n) is 4.50. The number of aryl methyl sites for hydroxylation is 2. The normalized spacial score (nSPS) is 12.4. The van der Waals surface area contributed by atoms with Crippen molar-refractivity contribution in [2.45, 2.75) is 52.2 Å². The number of nitrogens with one attached hydrogen (secondary N) is 2. The first-order valence-corrected chi connectivity index (χ1v) is 10.2. The third kappa shape index (κ3) is 6.80. The minimum Gasteiger partial charge on any atom is -0.444 e. The zero-order valence-corrected chi connectivity index (χ0v) is 18.3. The van der Waals surface area contributed by atoms with Crippen LogP contribution in [-0.4, -0.2) is 34.3 Å². The first-order valence-electron chi connectivity index (χ1n) is 10.2. The van der Waals surface area contributed by atoms with Gasteiger partial charge >= 0.3 is 6.09 Å². The van der Waals surface area contributed by atoms with Crippen LogP contribution in [0, 0.1) is 6.92 Å². The van der Waals surface area contributed by atoms with Crippen LogP contribution in [-0.2, 0) is 16.0 Å². The van der Waals surface area contributed by atoms with E-state index >= 15 is 0 Å². The molecule has 2 amide bonds. The van der Waals surface area contributed by atoms with E-state index in [1.807, 2.05) is 42.5 Å². The second-order valence-electron chi connectivity index (χ2n) is 8.34. The molecule has 3 aromatic rings. The summed E-state index contributed by atoms with van der Waals surface area (Å²) in [4.78, 5) is 28.8. The van der Waals surface area contributed by atoms with Crippen LogP contribution in [0.25, 0.3) is 10.8 Å². The number of benzene rings is 2. The first-order chi connectivity index (χ1) is 14.7. The van der Waals surface area contributed by atoms with E-state index in [1.54, 1.807) is 27.7 Å². The van der Waals surface area contributed by atoms with Gasteiger partial charge < -0.3 is 19.9 Å². The van der Waals surface area contributed by atoms with Crippen LogP contribution in [0.15, 0.2) is 47.0 Å². The zero-order valence-electron chi connectivity index (χ0n) is 18.3. The number of nitrogens with zero attached hydrogens (tertiary/aromatic N) is 2. The van der Waals surface area contributed by atoms with Crippen molar-refractivity contribution in [3.63, 3.8) is 0 Å².